The Kier molecular flexibility index (Phi) is 4.19. The second kappa shape index (κ2) is 6.25. The second-order valence-electron chi connectivity index (χ2n) is 5.66. The van der Waals surface area contributed by atoms with Crippen LogP contribution in [0.5, 0.6) is 0 Å². The van der Waals surface area contributed by atoms with Crippen molar-refractivity contribution in [2.75, 3.05) is 0 Å². The molecular weight excluding hydrogens is 248 g/mol. The number of hydrogen-bond acceptors (Lipinski definition) is 3. The van der Waals surface area contributed by atoms with Crippen LogP contribution < -0.4 is 11.1 Å². The Morgan fingerprint density at radius 2 is 1.85 bits per heavy atom. The molecule has 0 radical (unpaired) electrons. The fourth-order valence-corrected chi connectivity index (χ4v) is 2.01. The molecule has 1 heterocycles. The molecule has 0 amide bonds. The van der Waals surface area contributed by atoms with Crippen molar-refractivity contribution in [2.24, 2.45) is 5.73 Å². The number of rotatable bonds is 4. The molecule has 0 spiro atoms. The zero-order chi connectivity index (χ0) is 13.8. The maximum atomic E-state index is 5.22. The maximum absolute atomic E-state index is 5.22. The Morgan fingerprint density at radius 1 is 1.10 bits per heavy atom. The summed E-state index contributed by atoms with van der Waals surface area (Å²) in [5, 5.41) is 3.54. The Hall–Kier alpha value is -1.58. The van der Waals surface area contributed by atoms with Crippen LogP contribution in [0, 0.1) is 0 Å². The van der Waals surface area contributed by atoms with Crippen LogP contribution in [-0.4, -0.2) is 12.1 Å². The normalized spacial score (nSPS) is 17.4. The molecule has 2 aliphatic rings. The molecule has 3 nitrogen and oxygen atoms in total. The van der Waals surface area contributed by atoms with E-state index in [0.29, 0.717) is 6.04 Å². The third-order valence-electron chi connectivity index (χ3n) is 3.63. The van der Waals surface area contributed by atoms with Crippen molar-refractivity contribution < 1.29 is 4.42 Å². The monoisotopic (exact) mass is 270 g/mol. The molecule has 2 aromatic rings. The minimum absolute atomic E-state index is 0.583. The SMILES string of the molecule is NC1CC1.c1ccc(-c2ccoc2)c(CNC2CC2)c1. The third kappa shape index (κ3) is 3.95. The van der Waals surface area contributed by atoms with Gasteiger partial charge in [-0.3, -0.25) is 0 Å². The third-order valence-corrected chi connectivity index (χ3v) is 3.63. The highest BCUT2D eigenvalue weighted by Crippen LogP contribution is 2.25. The first-order valence-electron chi connectivity index (χ1n) is 7.42. The Bertz CT molecular complexity index is 528. The van der Waals surface area contributed by atoms with Crippen molar-refractivity contribution >= 4 is 0 Å². The highest BCUT2D eigenvalue weighted by atomic mass is 16.3. The van der Waals surface area contributed by atoms with E-state index in [-0.39, 0.29) is 0 Å². The lowest BCUT2D eigenvalue weighted by Gasteiger charge is -2.08. The van der Waals surface area contributed by atoms with Crippen LogP contribution in [0.2, 0.25) is 0 Å². The van der Waals surface area contributed by atoms with Crippen LogP contribution in [-0.2, 0) is 6.54 Å². The van der Waals surface area contributed by atoms with E-state index < -0.39 is 0 Å². The Morgan fingerprint density at radius 3 is 2.45 bits per heavy atom. The van der Waals surface area contributed by atoms with Crippen molar-refractivity contribution in [1.29, 1.82) is 0 Å². The molecule has 0 unspecified atom stereocenters. The zero-order valence-corrected chi connectivity index (χ0v) is 11.7. The van der Waals surface area contributed by atoms with Gasteiger partial charge in [0.15, 0.2) is 0 Å². The minimum atomic E-state index is 0.583. The van der Waals surface area contributed by atoms with Crippen LogP contribution in [0.25, 0.3) is 11.1 Å². The first kappa shape index (κ1) is 13.4. The summed E-state index contributed by atoms with van der Waals surface area (Å²) in [7, 11) is 0. The van der Waals surface area contributed by atoms with Gasteiger partial charge in [0.25, 0.3) is 0 Å². The fraction of sp³-hybridized carbons (Fsp3) is 0.412. The predicted octanol–water partition coefficient (Wildman–Crippen LogP) is 3.31. The molecule has 3 heteroatoms. The minimum Gasteiger partial charge on any atom is -0.472 e. The van der Waals surface area contributed by atoms with Crippen LogP contribution in [0.1, 0.15) is 31.2 Å². The average molecular weight is 270 g/mol. The lowest BCUT2D eigenvalue weighted by Crippen LogP contribution is -2.15. The lowest BCUT2D eigenvalue weighted by atomic mass is 10.0. The smallest absolute Gasteiger partial charge is 0.0981 e. The summed E-state index contributed by atoms with van der Waals surface area (Å²) in [6.07, 6.45) is 8.71. The van der Waals surface area contributed by atoms with E-state index >= 15 is 0 Å². The van der Waals surface area contributed by atoms with Gasteiger partial charge in [-0.25, -0.2) is 0 Å². The van der Waals surface area contributed by atoms with Gasteiger partial charge < -0.3 is 15.5 Å². The average Bonchev–Trinajstić information content (AvgIpc) is 3.40. The summed E-state index contributed by atoms with van der Waals surface area (Å²) in [4.78, 5) is 0. The van der Waals surface area contributed by atoms with Gasteiger partial charge in [-0.2, -0.15) is 0 Å². The molecule has 0 atom stereocenters. The van der Waals surface area contributed by atoms with E-state index in [4.69, 9.17) is 10.2 Å². The second-order valence-corrected chi connectivity index (χ2v) is 5.66. The number of nitrogens with two attached hydrogens (primary N) is 1. The van der Waals surface area contributed by atoms with Gasteiger partial charge in [0, 0.05) is 24.2 Å². The van der Waals surface area contributed by atoms with E-state index in [2.05, 4.69) is 29.6 Å². The molecule has 2 fully saturated rings. The predicted molar refractivity (Wildman–Crippen MR) is 81.2 cm³/mol. The number of benzene rings is 1. The van der Waals surface area contributed by atoms with Crippen molar-refractivity contribution in [1.82, 2.24) is 5.32 Å². The van der Waals surface area contributed by atoms with Gasteiger partial charge in [0.1, 0.15) is 0 Å². The molecule has 0 bridgehead atoms. The number of nitrogens with one attached hydrogen (secondary N) is 1. The molecular formula is C17H22N2O. The molecule has 106 valence electrons. The van der Waals surface area contributed by atoms with Crippen LogP contribution in [0.15, 0.2) is 47.3 Å². The Labute approximate surface area is 120 Å². The van der Waals surface area contributed by atoms with Gasteiger partial charge in [-0.05, 0) is 42.9 Å². The summed E-state index contributed by atoms with van der Waals surface area (Å²) in [5.74, 6) is 0. The number of furan rings is 1. The molecule has 20 heavy (non-hydrogen) atoms. The summed E-state index contributed by atoms with van der Waals surface area (Å²) < 4.78 is 5.14. The van der Waals surface area contributed by atoms with Gasteiger partial charge in [0.2, 0.25) is 0 Å². The molecule has 1 aromatic carbocycles. The van der Waals surface area contributed by atoms with Crippen LogP contribution in [0.4, 0.5) is 0 Å². The molecule has 2 aliphatic carbocycles. The van der Waals surface area contributed by atoms with E-state index in [1.165, 1.54) is 36.8 Å². The highest BCUT2D eigenvalue weighted by molar-refractivity contribution is 5.66. The molecule has 4 rings (SSSR count). The van der Waals surface area contributed by atoms with E-state index in [1.807, 2.05) is 6.07 Å². The van der Waals surface area contributed by atoms with E-state index in [9.17, 15) is 0 Å². The zero-order valence-electron chi connectivity index (χ0n) is 11.7. The maximum Gasteiger partial charge on any atom is 0.0981 e. The molecule has 0 aliphatic heterocycles. The molecule has 3 N–H and O–H groups in total. The fourth-order valence-electron chi connectivity index (χ4n) is 2.01. The first-order chi connectivity index (χ1) is 9.83. The van der Waals surface area contributed by atoms with Gasteiger partial charge in [-0.1, -0.05) is 24.3 Å². The van der Waals surface area contributed by atoms with E-state index in [1.54, 1.807) is 12.5 Å². The van der Waals surface area contributed by atoms with Crippen molar-refractivity contribution in [3.63, 3.8) is 0 Å². The van der Waals surface area contributed by atoms with Gasteiger partial charge in [0.05, 0.1) is 12.5 Å². The van der Waals surface area contributed by atoms with Crippen LogP contribution >= 0.6 is 0 Å². The first-order valence-corrected chi connectivity index (χ1v) is 7.42. The van der Waals surface area contributed by atoms with Crippen molar-refractivity contribution in [3.8, 4) is 11.1 Å². The highest BCUT2D eigenvalue weighted by Gasteiger charge is 2.20. The van der Waals surface area contributed by atoms with E-state index in [0.717, 1.165) is 18.2 Å². The quantitative estimate of drug-likeness (QED) is 0.896. The number of hydrogen-bond donors (Lipinski definition) is 2. The summed E-state index contributed by atoms with van der Waals surface area (Å²) in [6.45, 7) is 0.950. The molecule has 0 saturated heterocycles. The lowest BCUT2D eigenvalue weighted by molar-refractivity contribution is 0.568. The molecule has 2 saturated carbocycles. The topological polar surface area (TPSA) is 51.2 Å². The standard InChI is InChI=1S/C14H15NO.C3H7N/c1-2-4-14(12-7-8-16-10-12)11(3-1)9-15-13-5-6-13;4-3-1-2-3/h1-4,7-8,10,13,15H,5-6,9H2;3H,1-2,4H2. The van der Waals surface area contributed by atoms with Crippen LogP contribution in [0.3, 0.4) is 0 Å². The summed E-state index contributed by atoms with van der Waals surface area (Å²) >= 11 is 0. The van der Waals surface area contributed by atoms with Gasteiger partial charge in [-0.15, -0.1) is 0 Å². The summed E-state index contributed by atoms with van der Waals surface area (Å²) in [5.41, 5.74) is 8.99. The van der Waals surface area contributed by atoms with Gasteiger partial charge >= 0.3 is 0 Å². The summed E-state index contributed by atoms with van der Waals surface area (Å²) in [6, 6.07) is 11.8. The Balaban J connectivity index is 0.000000261. The van der Waals surface area contributed by atoms with Crippen molar-refractivity contribution in [2.45, 2.75) is 44.3 Å². The van der Waals surface area contributed by atoms with Crippen molar-refractivity contribution in [3.05, 3.63) is 48.4 Å². The largest absolute Gasteiger partial charge is 0.472 e. The molecule has 1 aromatic heterocycles.